The third-order valence-electron chi connectivity index (χ3n) is 2.14. The van der Waals surface area contributed by atoms with Crippen molar-refractivity contribution in [1.82, 2.24) is 9.97 Å². The van der Waals surface area contributed by atoms with Gasteiger partial charge >= 0.3 is 11.9 Å². The van der Waals surface area contributed by atoms with E-state index in [1.54, 1.807) is 22.6 Å². The second-order valence-corrected chi connectivity index (χ2v) is 4.78. The summed E-state index contributed by atoms with van der Waals surface area (Å²) in [5, 5.41) is 16.8. The zero-order valence-electron chi connectivity index (χ0n) is 10.3. The van der Waals surface area contributed by atoms with E-state index in [0.717, 1.165) is 6.20 Å². The largest absolute Gasteiger partial charge is 0.478 e. The maximum absolute atomic E-state index is 10.7. The van der Waals surface area contributed by atoms with E-state index >= 15 is 0 Å². The highest BCUT2D eigenvalue weighted by Crippen LogP contribution is 2.00. The van der Waals surface area contributed by atoms with Gasteiger partial charge in [0, 0.05) is 18.5 Å². The standard InChI is InChI=1S/C6H4INO3.C6H5NO3/c7-4-1-3(6(10)11)2-8-5(4)9;8-5-2-1-4(3-7-5)6(9)10/h1-2H,(H,8,9)(H,10,11);1-3H,(H,7,8)(H,9,10). The molecule has 0 saturated heterocycles. The molecule has 0 amide bonds. The van der Waals surface area contributed by atoms with Gasteiger partial charge in [0.25, 0.3) is 5.56 Å². The summed E-state index contributed by atoms with van der Waals surface area (Å²) in [7, 11) is 0. The van der Waals surface area contributed by atoms with Crippen molar-refractivity contribution in [2.75, 3.05) is 0 Å². The van der Waals surface area contributed by atoms with Crippen LogP contribution < -0.4 is 11.1 Å². The van der Waals surface area contributed by atoms with Crippen molar-refractivity contribution in [3.63, 3.8) is 0 Å². The molecule has 2 aromatic heterocycles. The van der Waals surface area contributed by atoms with Crippen molar-refractivity contribution in [2.24, 2.45) is 0 Å². The van der Waals surface area contributed by atoms with Crippen molar-refractivity contribution >= 4 is 34.5 Å². The molecule has 0 atom stereocenters. The molecular formula is C12H9IN2O6. The monoisotopic (exact) mass is 404 g/mol. The molecule has 0 aliphatic heterocycles. The summed E-state index contributed by atoms with van der Waals surface area (Å²) in [6.07, 6.45) is 2.33. The molecule has 2 rings (SSSR count). The summed E-state index contributed by atoms with van der Waals surface area (Å²) in [4.78, 5) is 46.2. The number of nitrogens with one attached hydrogen (secondary N) is 2. The van der Waals surface area contributed by atoms with E-state index in [0.29, 0.717) is 3.57 Å². The fourth-order valence-electron chi connectivity index (χ4n) is 1.12. The molecule has 0 aromatic carbocycles. The number of pyridine rings is 2. The molecule has 0 bridgehead atoms. The Labute approximate surface area is 130 Å². The molecular weight excluding hydrogens is 395 g/mol. The van der Waals surface area contributed by atoms with E-state index in [1.807, 2.05) is 0 Å². The first-order valence-electron chi connectivity index (χ1n) is 5.35. The topological polar surface area (TPSA) is 140 Å². The Morgan fingerprint density at radius 2 is 1.52 bits per heavy atom. The quantitative estimate of drug-likeness (QED) is 0.545. The van der Waals surface area contributed by atoms with Gasteiger partial charge in [0.1, 0.15) is 0 Å². The SMILES string of the molecule is O=C(O)c1c[nH]c(=O)c(I)c1.O=C(O)c1ccc(=O)[nH]c1. The lowest BCUT2D eigenvalue weighted by atomic mass is 10.3. The predicted molar refractivity (Wildman–Crippen MR) is 80.8 cm³/mol. The number of aromatic amines is 2. The number of carbonyl (C=O) groups is 2. The van der Waals surface area contributed by atoms with Gasteiger partial charge < -0.3 is 20.2 Å². The fraction of sp³-hybridized carbons (Fsp3) is 0. The summed E-state index contributed by atoms with van der Waals surface area (Å²) in [6.45, 7) is 0. The van der Waals surface area contributed by atoms with Crippen LogP contribution in [0.3, 0.4) is 0 Å². The van der Waals surface area contributed by atoms with Gasteiger partial charge in [0.15, 0.2) is 0 Å². The van der Waals surface area contributed by atoms with Gasteiger partial charge in [-0.1, -0.05) is 0 Å². The molecule has 0 aliphatic rings. The number of aromatic nitrogens is 2. The van der Waals surface area contributed by atoms with Gasteiger partial charge in [-0.25, -0.2) is 9.59 Å². The van der Waals surface area contributed by atoms with Gasteiger partial charge in [0.05, 0.1) is 14.7 Å². The maximum atomic E-state index is 10.7. The molecule has 0 spiro atoms. The smallest absolute Gasteiger partial charge is 0.337 e. The van der Waals surface area contributed by atoms with E-state index in [1.165, 1.54) is 24.4 Å². The zero-order chi connectivity index (χ0) is 16.0. The Morgan fingerprint density at radius 3 is 1.95 bits per heavy atom. The van der Waals surface area contributed by atoms with Crippen LogP contribution in [0.5, 0.6) is 0 Å². The molecule has 0 saturated carbocycles. The highest BCUT2D eigenvalue weighted by molar-refractivity contribution is 14.1. The summed E-state index contributed by atoms with van der Waals surface area (Å²) in [5.74, 6) is -2.09. The number of carboxylic acids is 2. The molecule has 4 N–H and O–H groups in total. The Kier molecular flexibility index (Phi) is 5.84. The summed E-state index contributed by atoms with van der Waals surface area (Å²) < 4.78 is 0.377. The number of carboxylic acid groups (broad SMARTS) is 2. The summed E-state index contributed by atoms with van der Waals surface area (Å²) >= 11 is 1.78. The van der Waals surface area contributed by atoms with E-state index in [4.69, 9.17) is 10.2 Å². The Bertz CT molecular complexity index is 759. The predicted octanol–water partition coefficient (Wildman–Crippen LogP) is 0.751. The van der Waals surface area contributed by atoms with Crippen LogP contribution in [0, 0.1) is 3.57 Å². The number of H-pyrrole nitrogens is 2. The normalized spacial score (nSPS) is 9.38. The lowest BCUT2D eigenvalue weighted by molar-refractivity contribution is 0.0685. The molecule has 0 unspecified atom stereocenters. The van der Waals surface area contributed by atoms with Gasteiger partial charge in [-0.2, -0.15) is 0 Å². The first-order chi connectivity index (χ1) is 9.81. The summed E-state index contributed by atoms with van der Waals surface area (Å²) in [5.41, 5.74) is -0.394. The van der Waals surface area contributed by atoms with Crippen molar-refractivity contribution in [3.05, 3.63) is 66.0 Å². The Hall–Kier alpha value is -2.43. The van der Waals surface area contributed by atoms with Crippen LogP contribution in [0.15, 0.2) is 40.2 Å². The minimum Gasteiger partial charge on any atom is -0.478 e. The van der Waals surface area contributed by atoms with Crippen LogP contribution in [-0.2, 0) is 0 Å². The molecule has 9 heteroatoms. The molecule has 8 nitrogen and oxygen atoms in total. The van der Waals surface area contributed by atoms with E-state index in [2.05, 4.69) is 9.97 Å². The second-order valence-electron chi connectivity index (χ2n) is 3.62. The molecule has 2 aromatic rings. The highest BCUT2D eigenvalue weighted by Gasteiger charge is 2.03. The van der Waals surface area contributed by atoms with Gasteiger partial charge in [-0.05, 0) is 34.7 Å². The highest BCUT2D eigenvalue weighted by atomic mass is 127. The molecule has 0 radical (unpaired) electrons. The van der Waals surface area contributed by atoms with E-state index in [9.17, 15) is 19.2 Å². The molecule has 0 aliphatic carbocycles. The second kappa shape index (κ2) is 7.38. The fourth-order valence-corrected chi connectivity index (χ4v) is 1.61. The third kappa shape index (κ3) is 5.22. The van der Waals surface area contributed by atoms with E-state index in [-0.39, 0.29) is 22.2 Å². The molecule has 0 fully saturated rings. The number of hydrogen-bond donors (Lipinski definition) is 4. The number of hydrogen-bond acceptors (Lipinski definition) is 4. The van der Waals surface area contributed by atoms with Crippen molar-refractivity contribution in [3.8, 4) is 0 Å². The minimum atomic E-state index is -1.05. The van der Waals surface area contributed by atoms with Crippen molar-refractivity contribution in [1.29, 1.82) is 0 Å². The van der Waals surface area contributed by atoms with E-state index < -0.39 is 11.9 Å². The Morgan fingerprint density at radius 1 is 0.952 bits per heavy atom. The Balaban J connectivity index is 0.000000211. The van der Waals surface area contributed by atoms with Crippen LogP contribution in [0.4, 0.5) is 0 Å². The lowest BCUT2D eigenvalue weighted by Crippen LogP contribution is -2.11. The molecule has 2 heterocycles. The zero-order valence-corrected chi connectivity index (χ0v) is 12.4. The van der Waals surface area contributed by atoms with Crippen LogP contribution in [-0.4, -0.2) is 32.1 Å². The molecule has 21 heavy (non-hydrogen) atoms. The number of aromatic carboxylic acids is 2. The average molecular weight is 404 g/mol. The molecule has 110 valence electrons. The first-order valence-corrected chi connectivity index (χ1v) is 6.42. The van der Waals surface area contributed by atoms with Crippen LogP contribution in [0.25, 0.3) is 0 Å². The average Bonchev–Trinajstić information content (AvgIpc) is 2.43. The van der Waals surface area contributed by atoms with Crippen molar-refractivity contribution in [2.45, 2.75) is 0 Å². The van der Waals surface area contributed by atoms with Crippen molar-refractivity contribution < 1.29 is 19.8 Å². The van der Waals surface area contributed by atoms with Crippen LogP contribution >= 0.6 is 22.6 Å². The number of halogens is 1. The minimum absolute atomic E-state index is 0.0830. The van der Waals surface area contributed by atoms with Gasteiger partial charge in [0.2, 0.25) is 5.56 Å². The van der Waals surface area contributed by atoms with Crippen LogP contribution in [0.2, 0.25) is 0 Å². The van der Waals surface area contributed by atoms with Gasteiger partial charge in [-0.3, -0.25) is 9.59 Å². The first kappa shape index (κ1) is 16.6. The summed E-state index contributed by atoms with van der Waals surface area (Å²) in [6, 6.07) is 3.74. The number of rotatable bonds is 2. The van der Waals surface area contributed by atoms with Crippen LogP contribution in [0.1, 0.15) is 20.7 Å². The third-order valence-corrected chi connectivity index (χ3v) is 2.94. The lowest BCUT2D eigenvalue weighted by Gasteiger charge is -1.92. The maximum Gasteiger partial charge on any atom is 0.337 e. The van der Waals surface area contributed by atoms with Gasteiger partial charge in [-0.15, -0.1) is 0 Å².